The van der Waals surface area contributed by atoms with E-state index < -0.39 is 120 Å². The molecule has 4 heterocycles. The number of ketones is 3. The number of pyridine rings is 2. The molecular weight excluding hydrogens is 1010 g/mol. The molecule has 9 N–H and O–H groups in total. The number of phenols is 2. The normalized spacial score (nSPS) is 26.5. The molecule has 5 aromatic rings. The molecule has 1 saturated heterocycles. The van der Waals surface area contributed by atoms with E-state index in [-0.39, 0.29) is 58.6 Å². The Labute approximate surface area is 446 Å². The third kappa shape index (κ3) is 10.3. The fraction of sp³-hybridized carbons (Fsp3) is 0.375. The number of nitrogens with two attached hydrogens (primary N) is 1. The summed E-state index contributed by atoms with van der Waals surface area (Å²) in [5, 5.41) is 71.1. The number of hydrogen-bond donors (Lipinski definition) is 8. The van der Waals surface area contributed by atoms with Crippen molar-refractivity contribution in [2.75, 3.05) is 13.7 Å². The highest BCUT2D eigenvalue weighted by molar-refractivity contribution is 6.31. The molecule has 2 aromatic heterocycles. The molecule has 22 nitrogen and oxygen atoms in total. The van der Waals surface area contributed by atoms with E-state index in [1.807, 2.05) is 36.4 Å². The Morgan fingerprint density at radius 1 is 0.795 bits per heavy atom. The second kappa shape index (κ2) is 22.2. The molecule has 3 aromatic carbocycles. The van der Waals surface area contributed by atoms with Crippen LogP contribution in [-0.4, -0.2) is 132 Å². The molecule has 1 saturated carbocycles. The Kier molecular flexibility index (Phi) is 15.2. The van der Waals surface area contributed by atoms with Gasteiger partial charge in [-0.05, 0) is 80.6 Å². The predicted molar refractivity (Wildman–Crippen MR) is 275 cm³/mol. The molecular formula is C56H57N7O15. The first-order valence-corrected chi connectivity index (χ1v) is 25.5. The number of alkyl carbamates (subject to hydrolysis) is 1. The van der Waals surface area contributed by atoms with Crippen molar-refractivity contribution in [3.63, 3.8) is 0 Å². The molecule has 2 fully saturated rings. The van der Waals surface area contributed by atoms with Crippen molar-refractivity contribution in [1.29, 1.82) is 0 Å². The third-order valence-electron chi connectivity index (χ3n) is 15.3. The van der Waals surface area contributed by atoms with Crippen LogP contribution in [0.2, 0.25) is 0 Å². The lowest BCUT2D eigenvalue weighted by atomic mass is 9.72. The minimum Gasteiger partial charge on any atom is -0.507 e. The lowest BCUT2D eigenvalue weighted by molar-refractivity contribution is -0.249. The van der Waals surface area contributed by atoms with Gasteiger partial charge in [-0.1, -0.05) is 36.4 Å². The number of nitrogens with one attached hydrogen (secondary N) is 2. The fourth-order valence-corrected chi connectivity index (χ4v) is 11.3. The van der Waals surface area contributed by atoms with Gasteiger partial charge in [0.1, 0.15) is 47.9 Å². The predicted octanol–water partition coefficient (Wildman–Crippen LogP) is 4.26. The number of amides is 2. The number of ether oxygens (including phenoxy) is 5. The number of methoxy groups -OCH3 is 1. The molecule has 406 valence electrons. The molecule has 3 aliphatic carbocycles. The van der Waals surface area contributed by atoms with Gasteiger partial charge in [-0.2, -0.15) is 10.2 Å². The number of Topliss-reactive ketones (excluding diaryl/α,β-unsaturated/α-hetero) is 1. The highest BCUT2D eigenvalue weighted by Crippen LogP contribution is 2.53. The fourth-order valence-electron chi connectivity index (χ4n) is 11.3. The summed E-state index contributed by atoms with van der Waals surface area (Å²) in [4.78, 5) is 76.7. The molecule has 10 atom stereocenters. The average Bonchev–Trinajstić information content (AvgIpc) is 3.58. The van der Waals surface area contributed by atoms with E-state index in [9.17, 15) is 49.5 Å². The van der Waals surface area contributed by atoms with E-state index in [0.717, 1.165) is 22.8 Å². The highest BCUT2D eigenvalue weighted by atomic mass is 16.7. The Hall–Kier alpha value is -7.99. The molecule has 2 amide bonds. The first kappa shape index (κ1) is 53.4. The number of aliphatic hydroxyl groups excluding tert-OH is 2. The third-order valence-corrected chi connectivity index (χ3v) is 15.3. The van der Waals surface area contributed by atoms with Gasteiger partial charge in [-0.15, -0.1) is 0 Å². The smallest absolute Gasteiger partial charge is 0.412 e. The van der Waals surface area contributed by atoms with Gasteiger partial charge in [0.2, 0.25) is 5.78 Å². The first-order valence-electron chi connectivity index (χ1n) is 25.5. The van der Waals surface area contributed by atoms with Gasteiger partial charge in [0.05, 0.1) is 64.9 Å². The lowest BCUT2D eigenvalue weighted by Crippen LogP contribution is -2.56. The molecule has 0 radical (unpaired) electrons. The number of rotatable bonds is 12. The second-order valence-corrected chi connectivity index (χ2v) is 20.0. The Balaban J connectivity index is 0.764. The topological polar surface area (TPSA) is 333 Å². The summed E-state index contributed by atoms with van der Waals surface area (Å²) in [7, 11) is 1.30. The maximum atomic E-state index is 14.1. The Morgan fingerprint density at radius 2 is 1.45 bits per heavy atom. The van der Waals surface area contributed by atoms with E-state index in [0.29, 0.717) is 31.2 Å². The summed E-state index contributed by atoms with van der Waals surface area (Å²) in [6.45, 7) is 0.161. The molecule has 78 heavy (non-hydrogen) atoms. The number of carbonyl (C=O) groups excluding carboxylic acids is 5. The zero-order chi connectivity index (χ0) is 55.0. The van der Waals surface area contributed by atoms with E-state index in [1.54, 1.807) is 24.5 Å². The number of hydrogen-bond acceptors (Lipinski definition) is 20. The summed E-state index contributed by atoms with van der Waals surface area (Å²) in [6.07, 6.45) is -2.46. The van der Waals surface area contributed by atoms with Crippen LogP contribution in [-0.2, 0) is 32.0 Å². The number of fused-ring (bicyclic) bond motifs is 4. The molecule has 0 spiro atoms. The number of aromatic hydroxyl groups is 2. The minimum absolute atomic E-state index is 0.0195. The zero-order valence-electron chi connectivity index (χ0n) is 42.4. The van der Waals surface area contributed by atoms with Gasteiger partial charge in [-0.25, -0.2) is 9.59 Å². The molecule has 22 heteroatoms. The monoisotopic (exact) mass is 1070 g/mol. The maximum absolute atomic E-state index is 14.1. The van der Waals surface area contributed by atoms with Crippen molar-refractivity contribution >= 4 is 41.0 Å². The number of benzene rings is 3. The van der Waals surface area contributed by atoms with Gasteiger partial charge >= 0.3 is 12.2 Å². The van der Waals surface area contributed by atoms with Crippen molar-refractivity contribution in [1.82, 2.24) is 20.6 Å². The van der Waals surface area contributed by atoms with Crippen molar-refractivity contribution in [3.05, 3.63) is 142 Å². The van der Waals surface area contributed by atoms with Crippen LogP contribution in [0.25, 0.3) is 0 Å². The van der Waals surface area contributed by atoms with Gasteiger partial charge < -0.3 is 65.6 Å². The minimum atomic E-state index is -2.39. The van der Waals surface area contributed by atoms with Crippen molar-refractivity contribution < 1.29 is 73.2 Å². The molecule has 0 bridgehead atoms. The number of aromatic nitrogens is 2. The molecule has 6 unspecified atom stereocenters. The van der Waals surface area contributed by atoms with E-state index in [1.165, 1.54) is 44.4 Å². The summed E-state index contributed by atoms with van der Waals surface area (Å²) >= 11 is 0. The number of phenolic OH excluding ortho intramolecular Hbond substituents is 2. The van der Waals surface area contributed by atoms with Crippen LogP contribution in [0.5, 0.6) is 23.0 Å². The average molecular weight is 1070 g/mol. The van der Waals surface area contributed by atoms with E-state index in [4.69, 9.17) is 29.4 Å². The van der Waals surface area contributed by atoms with Gasteiger partial charge in [-0.3, -0.25) is 24.4 Å². The largest absolute Gasteiger partial charge is 0.507 e. The van der Waals surface area contributed by atoms with Gasteiger partial charge in [0.15, 0.2) is 17.9 Å². The molecule has 5 aliphatic rings. The number of nitrogens with zero attached hydrogens (tertiary/aromatic N) is 4. The quantitative estimate of drug-likeness (QED) is 0.0794. The number of aliphatic hydroxyl groups is 3. The van der Waals surface area contributed by atoms with Crippen LogP contribution < -0.4 is 25.8 Å². The summed E-state index contributed by atoms with van der Waals surface area (Å²) in [5.74, 6) is -4.09. The summed E-state index contributed by atoms with van der Waals surface area (Å²) in [6, 6.07) is 20.0. The summed E-state index contributed by atoms with van der Waals surface area (Å²) in [5.41, 5.74) is 6.04. The van der Waals surface area contributed by atoms with Crippen molar-refractivity contribution in [2.24, 2.45) is 27.8 Å². The highest BCUT2D eigenvalue weighted by Gasteiger charge is 2.51. The van der Waals surface area contributed by atoms with Crippen LogP contribution in [0.15, 0.2) is 101 Å². The summed E-state index contributed by atoms with van der Waals surface area (Å²) < 4.78 is 28.7. The second-order valence-electron chi connectivity index (χ2n) is 20.0. The first-order chi connectivity index (χ1) is 37.6. The van der Waals surface area contributed by atoms with Crippen LogP contribution in [0.1, 0.15) is 111 Å². The van der Waals surface area contributed by atoms with Gasteiger partial charge in [0.25, 0.3) is 0 Å². The number of carbonyl (C=O) groups is 5. The van der Waals surface area contributed by atoms with Crippen LogP contribution in [0.3, 0.4) is 0 Å². The van der Waals surface area contributed by atoms with Crippen LogP contribution in [0.4, 0.5) is 9.59 Å². The molecule has 2 aliphatic heterocycles. The molecule has 10 rings (SSSR count). The van der Waals surface area contributed by atoms with Crippen molar-refractivity contribution in [3.8, 4) is 23.0 Å². The Morgan fingerprint density at radius 3 is 2.09 bits per heavy atom. The van der Waals surface area contributed by atoms with Gasteiger partial charge in [0, 0.05) is 72.3 Å². The maximum Gasteiger partial charge on any atom is 0.412 e. The zero-order valence-corrected chi connectivity index (χ0v) is 42.4. The lowest BCUT2D eigenvalue weighted by Gasteiger charge is -2.42. The standard InChI is InChI=1S/C56H57N7O15/c1-27-49(66)38(22-42(76-27)78-40-24-56(73,41(65)25-64)23-33-44(40)53(70)46-45(51(33)68)50(67)32-8-7-11-39(74-2)43(32)52(46)69)61-54(71)75-26-28-12-14-29(15-13-28)77-55(72)60-35-19-17-31-30(16-18-34(35)57)47(36-9-3-5-20-58-36)62-63-48(31)37-10-4-6-21-59-37/h3-15,20-21,27,30-31,34-35,38,40,42,49,64,66,68,70,73H,16-19,22-26,57H2,1-2H3,(H,60,72)(H,61,71)/t27?,30?,31?,34?,35?,38?,40-,42-,49+,56-/m0/s1. The van der Waals surface area contributed by atoms with Crippen LogP contribution in [0, 0.1) is 11.8 Å². The van der Waals surface area contributed by atoms with E-state index in [2.05, 4.69) is 30.8 Å². The van der Waals surface area contributed by atoms with E-state index >= 15 is 0 Å². The van der Waals surface area contributed by atoms with Crippen molar-refractivity contribution in [2.45, 2.75) is 107 Å². The SMILES string of the molecule is COc1cccc2c1C(=O)c1c(O)c3c(c(O)c1C2=O)C[C@@](O)(C(=O)CO)C[C@@H]3O[C@H]1CC(NC(=O)OCc2ccc(OC(=O)NC3CCC4C(c5ccccn5)=NN=C(c5ccccn5)C4CCC3N)cc2)[C@H](O)C(C)O1. The Bertz CT molecular complexity index is 3210. The van der Waals surface area contributed by atoms with Crippen LogP contribution >= 0.6 is 0 Å².